The number of rotatable bonds is 25. The van der Waals surface area contributed by atoms with Gasteiger partial charge in [-0.25, -0.2) is 33.6 Å². The second-order valence-corrected chi connectivity index (χ2v) is 14.0. The number of hydrogen-bond acceptors (Lipinski definition) is 15. The number of allylic oxidation sites excluding steroid dienone is 1. The predicted octanol–water partition coefficient (Wildman–Crippen LogP) is 4.11. The van der Waals surface area contributed by atoms with E-state index in [1.54, 1.807) is 0 Å². The van der Waals surface area contributed by atoms with Gasteiger partial charge in [0.25, 0.3) is 0 Å². The molecule has 17 heteroatoms. The van der Waals surface area contributed by atoms with Crippen LogP contribution in [0, 0.1) is 16.2 Å². The lowest BCUT2D eigenvalue weighted by molar-refractivity contribution is -0.170. The molecule has 0 aromatic carbocycles. The molecule has 0 spiro atoms. The molecule has 2 atom stereocenters. The van der Waals surface area contributed by atoms with Gasteiger partial charge >= 0.3 is 42.0 Å². The van der Waals surface area contributed by atoms with Crippen LogP contribution in [0.3, 0.4) is 0 Å². The van der Waals surface area contributed by atoms with Crippen molar-refractivity contribution in [3.63, 3.8) is 0 Å². The molecule has 0 aromatic rings. The first kappa shape index (κ1) is 48.9. The Morgan fingerprint density at radius 2 is 1.00 bits per heavy atom. The Hall–Kier alpha value is -6.13. The molecule has 0 aromatic heterocycles. The Kier molecular flexibility index (Phi) is 19.8. The van der Waals surface area contributed by atoms with E-state index < -0.39 is 90.3 Å². The average Bonchev–Trinajstić information content (AvgIpc) is 3.20. The van der Waals surface area contributed by atoms with Gasteiger partial charge < -0.3 is 48.5 Å². The van der Waals surface area contributed by atoms with Gasteiger partial charge in [-0.3, -0.25) is 0 Å². The van der Waals surface area contributed by atoms with Crippen molar-refractivity contribution >= 4 is 42.0 Å². The second kappa shape index (κ2) is 23.1. The summed E-state index contributed by atoms with van der Waals surface area (Å²) < 4.78 is 42.6. The zero-order valence-electron chi connectivity index (χ0n) is 32.9. The highest BCUT2D eigenvalue weighted by Gasteiger charge is 2.47. The average molecular weight is 803 g/mol. The van der Waals surface area contributed by atoms with Crippen LogP contribution in [0.25, 0.3) is 0 Å². The summed E-state index contributed by atoms with van der Waals surface area (Å²) >= 11 is 0. The van der Waals surface area contributed by atoms with Gasteiger partial charge in [-0.2, -0.15) is 0 Å². The van der Waals surface area contributed by atoms with Crippen molar-refractivity contribution in [2.24, 2.45) is 16.2 Å². The monoisotopic (exact) mass is 802 g/mol. The van der Waals surface area contributed by atoms with Gasteiger partial charge in [0.05, 0.1) is 0 Å². The van der Waals surface area contributed by atoms with E-state index in [0.717, 1.165) is 30.4 Å². The number of hydrogen-bond donors (Lipinski definition) is 2. The molecule has 17 nitrogen and oxygen atoms in total. The summed E-state index contributed by atoms with van der Waals surface area (Å²) in [5.74, 6) is -4.03. The van der Waals surface area contributed by atoms with Crippen molar-refractivity contribution in [1.29, 1.82) is 0 Å². The first-order valence-electron chi connectivity index (χ1n) is 17.6. The Morgan fingerprint density at radius 3 is 1.40 bits per heavy atom. The van der Waals surface area contributed by atoms with Crippen LogP contribution in [0.2, 0.25) is 0 Å². The third-order valence-electron chi connectivity index (χ3n) is 9.30. The molecule has 0 heterocycles. The lowest BCUT2D eigenvalue weighted by Gasteiger charge is -2.50. The summed E-state index contributed by atoms with van der Waals surface area (Å²) in [4.78, 5) is 86.0. The van der Waals surface area contributed by atoms with Crippen molar-refractivity contribution < 1.29 is 71.5 Å². The zero-order chi connectivity index (χ0) is 43.3. The number of carbonyl (C=O) groups excluding carboxylic acids is 7. The van der Waals surface area contributed by atoms with Gasteiger partial charge in [-0.15, -0.1) is 0 Å². The molecule has 1 fully saturated rings. The van der Waals surface area contributed by atoms with Crippen LogP contribution in [0.5, 0.6) is 0 Å². The van der Waals surface area contributed by atoms with E-state index in [4.69, 9.17) is 37.9 Å². The fourth-order valence-electron chi connectivity index (χ4n) is 5.29. The highest BCUT2D eigenvalue weighted by molar-refractivity contribution is 5.83. The SMILES string of the molecule is C=CC(=C)OCC(COC(=O)C=C)(COC(=O)C=C)COC(=O)NC1CCC(C)(CNC(=O)OC(COC(=O)C=C)(COC(=O)C=C)COC(=O)C=C)C(C)(C)C1. The smallest absolute Gasteiger partial charge is 0.408 e. The van der Waals surface area contributed by atoms with Crippen molar-refractivity contribution in [3.8, 4) is 0 Å². The lowest BCUT2D eigenvalue weighted by Crippen LogP contribution is -2.55. The fourth-order valence-corrected chi connectivity index (χ4v) is 5.29. The molecular formula is C40H54N2O15. The van der Waals surface area contributed by atoms with Crippen LogP contribution in [-0.2, 0) is 61.9 Å². The molecule has 2 amide bonds. The van der Waals surface area contributed by atoms with Crippen molar-refractivity contribution in [2.45, 2.75) is 51.7 Å². The number of carbonyl (C=O) groups is 7. The minimum absolute atomic E-state index is 0.0722. The highest BCUT2D eigenvalue weighted by Crippen LogP contribution is 2.49. The number of nitrogens with one attached hydrogen (secondary N) is 2. The Morgan fingerprint density at radius 1 is 0.596 bits per heavy atom. The van der Waals surface area contributed by atoms with Crippen LogP contribution in [0.1, 0.15) is 40.0 Å². The maximum Gasteiger partial charge on any atom is 0.408 e. The lowest BCUT2D eigenvalue weighted by atomic mass is 9.57. The number of esters is 5. The molecular weight excluding hydrogens is 748 g/mol. The first-order chi connectivity index (χ1) is 26.8. The number of alkyl carbamates (subject to hydrolysis) is 2. The zero-order valence-corrected chi connectivity index (χ0v) is 32.9. The number of ether oxygens (including phenoxy) is 8. The third-order valence-corrected chi connectivity index (χ3v) is 9.30. The van der Waals surface area contributed by atoms with Crippen molar-refractivity contribution in [3.05, 3.63) is 88.3 Å². The van der Waals surface area contributed by atoms with Crippen LogP contribution in [0.15, 0.2) is 88.3 Å². The molecule has 1 aliphatic rings. The van der Waals surface area contributed by atoms with E-state index in [9.17, 15) is 33.6 Å². The normalized spacial score (nSPS) is 17.0. The third kappa shape index (κ3) is 16.6. The van der Waals surface area contributed by atoms with E-state index >= 15 is 0 Å². The molecule has 2 N–H and O–H groups in total. The van der Waals surface area contributed by atoms with Gasteiger partial charge in [0, 0.05) is 43.0 Å². The molecule has 2 unspecified atom stereocenters. The van der Waals surface area contributed by atoms with E-state index in [2.05, 4.69) is 56.7 Å². The fraction of sp³-hybridized carbons (Fsp3) is 0.475. The quantitative estimate of drug-likeness (QED) is 0.0437. The molecule has 0 aliphatic heterocycles. The van der Waals surface area contributed by atoms with E-state index in [1.807, 2.05) is 20.8 Å². The maximum atomic E-state index is 13.3. The van der Waals surface area contributed by atoms with Gasteiger partial charge in [0.2, 0.25) is 5.60 Å². The summed E-state index contributed by atoms with van der Waals surface area (Å²) in [5, 5.41) is 5.56. The predicted molar refractivity (Wildman–Crippen MR) is 205 cm³/mol. The molecule has 0 radical (unpaired) electrons. The largest absolute Gasteiger partial charge is 0.493 e. The van der Waals surface area contributed by atoms with Gasteiger partial charge in [0.15, 0.2) is 0 Å². The van der Waals surface area contributed by atoms with Crippen LogP contribution in [-0.4, -0.2) is 106 Å². The van der Waals surface area contributed by atoms with Crippen LogP contribution in [0.4, 0.5) is 9.59 Å². The van der Waals surface area contributed by atoms with Gasteiger partial charge in [-0.05, 0) is 36.2 Å². The highest BCUT2D eigenvalue weighted by atomic mass is 16.6. The summed E-state index contributed by atoms with van der Waals surface area (Å²) in [7, 11) is 0. The molecule has 1 rings (SSSR count). The Labute approximate surface area is 332 Å². The van der Waals surface area contributed by atoms with Gasteiger partial charge in [-0.1, -0.05) is 66.8 Å². The van der Waals surface area contributed by atoms with E-state index in [0.29, 0.717) is 19.3 Å². The standard InChI is InChI=1S/C40H54N2O15/c1-11-28(7)50-21-39(22-51-30(43)12-2,23-52-31(44)13-3)24-56-36(49)42-29-17-18-38(10,37(8,9)19-29)20-41-35(48)57-40(25-53-32(45)14-4,26-54-33(46)15-5)27-55-34(47)16-6/h11-16,29H,1-7,17-27H2,8-10H3,(H,41,48)(H,42,49). The summed E-state index contributed by atoms with van der Waals surface area (Å²) in [6.45, 7) is 26.4. The summed E-state index contributed by atoms with van der Waals surface area (Å²) in [6.07, 6.45) is 5.41. The number of amides is 2. The Balaban J connectivity index is 3.10. The van der Waals surface area contributed by atoms with Crippen LogP contribution < -0.4 is 10.6 Å². The minimum Gasteiger partial charge on any atom is -0.493 e. The van der Waals surface area contributed by atoms with Crippen LogP contribution >= 0.6 is 0 Å². The molecule has 314 valence electrons. The molecule has 0 saturated heterocycles. The second-order valence-electron chi connectivity index (χ2n) is 14.0. The maximum absolute atomic E-state index is 13.3. The molecule has 1 aliphatic carbocycles. The van der Waals surface area contributed by atoms with Crippen molar-refractivity contribution in [2.75, 3.05) is 52.8 Å². The summed E-state index contributed by atoms with van der Waals surface area (Å²) in [6, 6.07) is -0.373. The molecule has 1 saturated carbocycles. The summed E-state index contributed by atoms with van der Waals surface area (Å²) in [5.41, 5.74) is -4.42. The van der Waals surface area contributed by atoms with Gasteiger partial charge in [0.1, 0.15) is 57.4 Å². The minimum atomic E-state index is -1.97. The topological polar surface area (TPSA) is 217 Å². The first-order valence-corrected chi connectivity index (χ1v) is 17.6. The Bertz CT molecular complexity index is 1450. The van der Waals surface area contributed by atoms with Crippen molar-refractivity contribution in [1.82, 2.24) is 10.6 Å². The van der Waals surface area contributed by atoms with E-state index in [-0.39, 0.29) is 38.2 Å². The molecule has 57 heavy (non-hydrogen) atoms. The molecule has 0 bridgehead atoms. The van der Waals surface area contributed by atoms with E-state index in [1.165, 1.54) is 6.08 Å².